The Kier molecular flexibility index (Phi) is 16.2. The molecule has 0 aliphatic carbocycles. The van der Waals surface area contributed by atoms with Crippen molar-refractivity contribution in [1.29, 1.82) is 0 Å². The zero-order valence-corrected chi connectivity index (χ0v) is 20.6. The van der Waals surface area contributed by atoms with E-state index in [1.165, 1.54) is 96.3 Å². The second kappa shape index (κ2) is 18.2. The van der Waals surface area contributed by atoms with E-state index in [1.54, 1.807) is 6.92 Å². The lowest BCUT2D eigenvalue weighted by Gasteiger charge is -2.05. The molecule has 1 N–H and O–H groups in total. The highest BCUT2D eigenvalue weighted by Gasteiger charge is 2.19. The van der Waals surface area contributed by atoms with Crippen molar-refractivity contribution in [1.82, 2.24) is 0 Å². The molecular formula is C27H48O4. The zero-order chi connectivity index (χ0) is 22.7. The molecule has 0 fully saturated rings. The van der Waals surface area contributed by atoms with Gasteiger partial charge in [0, 0.05) is 12.8 Å². The number of aromatic hydroxyl groups is 1. The first kappa shape index (κ1) is 27.6. The van der Waals surface area contributed by atoms with Crippen LogP contribution in [0.5, 0.6) is 11.5 Å². The van der Waals surface area contributed by atoms with Crippen LogP contribution in [0.3, 0.4) is 0 Å². The Bertz CT molecular complexity index is 576. The van der Waals surface area contributed by atoms with Gasteiger partial charge in [-0.3, -0.25) is 4.79 Å². The van der Waals surface area contributed by atoms with Gasteiger partial charge in [0.25, 0.3) is 0 Å². The Hall–Kier alpha value is -1.45. The predicted octanol–water partition coefficient (Wildman–Crippen LogP) is 8.80. The van der Waals surface area contributed by atoms with E-state index >= 15 is 0 Å². The summed E-state index contributed by atoms with van der Waals surface area (Å²) < 4.78 is 10.7. The summed E-state index contributed by atoms with van der Waals surface area (Å²) in [6, 6.07) is 0. The van der Waals surface area contributed by atoms with E-state index < -0.39 is 0 Å². The van der Waals surface area contributed by atoms with Crippen LogP contribution in [0, 0.1) is 6.92 Å². The normalized spacial score (nSPS) is 11.2. The highest BCUT2D eigenvalue weighted by atomic mass is 16.6. The lowest BCUT2D eigenvalue weighted by atomic mass is 10.0. The van der Waals surface area contributed by atoms with Crippen molar-refractivity contribution < 1.29 is 19.1 Å². The van der Waals surface area contributed by atoms with Crippen molar-refractivity contribution in [3.05, 3.63) is 11.5 Å². The van der Waals surface area contributed by atoms with Crippen LogP contribution in [-0.4, -0.2) is 11.1 Å². The van der Waals surface area contributed by atoms with Gasteiger partial charge >= 0.3 is 5.97 Å². The van der Waals surface area contributed by atoms with Gasteiger partial charge in [0.05, 0.1) is 0 Å². The maximum atomic E-state index is 12.0. The molecule has 4 nitrogen and oxygen atoms in total. The molecule has 31 heavy (non-hydrogen) atoms. The van der Waals surface area contributed by atoms with Crippen LogP contribution in [0.2, 0.25) is 0 Å². The number of carbonyl (C=O) groups excluding carboxylic acids is 1. The summed E-state index contributed by atoms with van der Waals surface area (Å²) in [5, 5.41) is 10.0. The number of unbranched alkanes of at least 4 members (excludes halogenated alkanes) is 16. The lowest BCUT2D eigenvalue weighted by Crippen LogP contribution is -2.07. The molecule has 0 aliphatic heterocycles. The number of rotatable bonds is 20. The summed E-state index contributed by atoms with van der Waals surface area (Å²) in [5.74, 6) is 0.801. The maximum Gasteiger partial charge on any atom is 0.311 e. The van der Waals surface area contributed by atoms with Crippen molar-refractivity contribution in [2.24, 2.45) is 0 Å². The molecule has 0 aliphatic rings. The summed E-state index contributed by atoms with van der Waals surface area (Å²) in [5.41, 5.74) is 0. The van der Waals surface area contributed by atoms with Gasteiger partial charge in [-0.05, 0) is 13.3 Å². The van der Waals surface area contributed by atoms with Crippen LogP contribution in [0.15, 0.2) is 4.42 Å². The van der Waals surface area contributed by atoms with E-state index in [4.69, 9.17) is 9.15 Å². The Morgan fingerprint density at radius 2 is 1.16 bits per heavy atom. The van der Waals surface area contributed by atoms with Gasteiger partial charge in [-0.1, -0.05) is 117 Å². The van der Waals surface area contributed by atoms with Gasteiger partial charge < -0.3 is 14.3 Å². The first-order valence-corrected chi connectivity index (χ1v) is 13.1. The van der Waals surface area contributed by atoms with E-state index in [1.807, 2.05) is 6.92 Å². The summed E-state index contributed by atoms with van der Waals surface area (Å²) in [4.78, 5) is 12.0. The van der Waals surface area contributed by atoms with Crippen molar-refractivity contribution in [2.75, 3.05) is 0 Å². The monoisotopic (exact) mass is 436 g/mol. The SMILES string of the molecule is CCCCCCCCCCCCCCCCCCCC(=O)Oc1c(C)oc(CC)c1O. The summed E-state index contributed by atoms with van der Waals surface area (Å²) in [6.07, 6.45) is 23.4. The Morgan fingerprint density at radius 3 is 1.55 bits per heavy atom. The Balaban J connectivity index is 1.87. The molecular weight excluding hydrogens is 388 g/mol. The van der Waals surface area contributed by atoms with Gasteiger partial charge in [0.1, 0.15) is 11.5 Å². The number of aryl methyl sites for hydroxylation is 2. The number of furan rings is 1. The van der Waals surface area contributed by atoms with E-state index in [0.29, 0.717) is 24.4 Å². The van der Waals surface area contributed by atoms with Crippen LogP contribution in [0.4, 0.5) is 0 Å². The number of hydrogen-bond acceptors (Lipinski definition) is 4. The number of esters is 1. The average molecular weight is 437 g/mol. The van der Waals surface area contributed by atoms with Gasteiger partial charge in [0.15, 0.2) is 0 Å². The van der Waals surface area contributed by atoms with Crippen LogP contribution in [0.1, 0.15) is 141 Å². The third kappa shape index (κ3) is 12.9. The highest BCUT2D eigenvalue weighted by molar-refractivity contribution is 5.73. The number of hydrogen-bond donors (Lipinski definition) is 1. The van der Waals surface area contributed by atoms with Crippen molar-refractivity contribution in [3.8, 4) is 11.5 Å². The smallest absolute Gasteiger partial charge is 0.311 e. The molecule has 1 rings (SSSR count). The fourth-order valence-corrected chi connectivity index (χ4v) is 4.09. The molecule has 0 saturated heterocycles. The van der Waals surface area contributed by atoms with Crippen LogP contribution in [0.25, 0.3) is 0 Å². The molecule has 0 amide bonds. The van der Waals surface area contributed by atoms with Gasteiger partial charge in [-0.25, -0.2) is 0 Å². The molecule has 0 unspecified atom stereocenters. The van der Waals surface area contributed by atoms with Crippen LogP contribution in [-0.2, 0) is 11.2 Å². The summed E-state index contributed by atoms with van der Waals surface area (Å²) in [6.45, 7) is 5.87. The molecule has 1 heterocycles. The minimum absolute atomic E-state index is 0.0317. The van der Waals surface area contributed by atoms with Crippen molar-refractivity contribution >= 4 is 5.97 Å². The largest absolute Gasteiger partial charge is 0.502 e. The van der Waals surface area contributed by atoms with Gasteiger partial charge in [0.2, 0.25) is 11.5 Å². The molecule has 0 spiro atoms. The molecule has 0 aromatic carbocycles. The van der Waals surface area contributed by atoms with Crippen molar-refractivity contribution in [2.45, 2.75) is 143 Å². The molecule has 0 bridgehead atoms. The second-order valence-electron chi connectivity index (χ2n) is 8.99. The first-order chi connectivity index (χ1) is 15.1. The topological polar surface area (TPSA) is 59.7 Å². The highest BCUT2D eigenvalue weighted by Crippen LogP contribution is 2.37. The Morgan fingerprint density at radius 1 is 0.742 bits per heavy atom. The fourth-order valence-electron chi connectivity index (χ4n) is 4.09. The fraction of sp³-hybridized carbons (Fsp3) is 0.815. The average Bonchev–Trinajstić information content (AvgIpc) is 3.03. The first-order valence-electron chi connectivity index (χ1n) is 13.1. The third-order valence-electron chi connectivity index (χ3n) is 6.10. The Labute approximate surface area is 191 Å². The van der Waals surface area contributed by atoms with E-state index in [0.717, 1.165) is 12.8 Å². The molecule has 1 aromatic rings. The van der Waals surface area contributed by atoms with Crippen LogP contribution < -0.4 is 4.74 Å². The standard InChI is InChI=1S/C27H48O4/c1-4-6-7-8-9-10-11-12-13-14-15-16-17-18-19-20-21-22-25(28)31-27-23(3)30-24(5-2)26(27)29/h29H,4-22H2,1-3H3. The maximum absolute atomic E-state index is 12.0. The number of carbonyl (C=O) groups is 1. The minimum Gasteiger partial charge on any atom is -0.502 e. The quantitative estimate of drug-likeness (QED) is 0.164. The zero-order valence-electron chi connectivity index (χ0n) is 20.6. The molecule has 0 radical (unpaired) electrons. The lowest BCUT2D eigenvalue weighted by molar-refractivity contribution is -0.134. The van der Waals surface area contributed by atoms with E-state index in [9.17, 15) is 9.90 Å². The van der Waals surface area contributed by atoms with Crippen molar-refractivity contribution in [3.63, 3.8) is 0 Å². The second-order valence-corrected chi connectivity index (χ2v) is 8.99. The van der Waals surface area contributed by atoms with Crippen LogP contribution >= 0.6 is 0 Å². The molecule has 0 atom stereocenters. The van der Waals surface area contributed by atoms with Gasteiger partial charge in [-0.2, -0.15) is 0 Å². The third-order valence-corrected chi connectivity index (χ3v) is 6.10. The molecule has 180 valence electrons. The number of ether oxygens (including phenoxy) is 1. The minimum atomic E-state index is -0.289. The predicted molar refractivity (Wildman–Crippen MR) is 129 cm³/mol. The molecule has 4 heteroatoms. The summed E-state index contributed by atoms with van der Waals surface area (Å²) in [7, 11) is 0. The molecule has 1 aromatic heterocycles. The molecule has 0 saturated carbocycles. The van der Waals surface area contributed by atoms with E-state index in [2.05, 4.69) is 6.92 Å². The summed E-state index contributed by atoms with van der Waals surface area (Å²) >= 11 is 0. The van der Waals surface area contributed by atoms with E-state index in [-0.39, 0.29) is 17.5 Å². The van der Waals surface area contributed by atoms with Gasteiger partial charge in [-0.15, -0.1) is 0 Å².